The second-order valence-corrected chi connectivity index (χ2v) is 8.75. The summed E-state index contributed by atoms with van der Waals surface area (Å²) in [7, 11) is 0. The number of benzene rings is 1. The summed E-state index contributed by atoms with van der Waals surface area (Å²) in [5, 5.41) is 0.714. The molecule has 1 fully saturated rings. The van der Waals surface area contributed by atoms with Crippen LogP contribution in [0.1, 0.15) is 24.0 Å². The molecular formula is C26H21F3N4O2. The van der Waals surface area contributed by atoms with E-state index in [1.807, 2.05) is 6.20 Å². The molecule has 0 atom stereocenters. The van der Waals surface area contributed by atoms with Gasteiger partial charge in [0, 0.05) is 59.4 Å². The number of halogens is 3. The number of nitrogens with zero attached hydrogens (tertiary/aromatic N) is 2. The van der Waals surface area contributed by atoms with E-state index in [9.17, 15) is 22.8 Å². The third-order valence-corrected chi connectivity index (χ3v) is 6.03. The average Bonchev–Trinajstić information content (AvgIpc) is 3.54. The quantitative estimate of drug-likeness (QED) is 0.383. The number of fused-ring (bicyclic) bond motifs is 1. The van der Waals surface area contributed by atoms with Gasteiger partial charge >= 0.3 is 6.18 Å². The van der Waals surface area contributed by atoms with Crippen molar-refractivity contribution in [3.05, 3.63) is 82.5 Å². The highest BCUT2D eigenvalue weighted by Crippen LogP contribution is 2.36. The van der Waals surface area contributed by atoms with Gasteiger partial charge in [-0.2, -0.15) is 13.2 Å². The molecule has 3 heterocycles. The fourth-order valence-electron chi connectivity index (χ4n) is 4.07. The minimum Gasteiger partial charge on any atom is -0.366 e. The zero-order valence-corrected chi connectivity index (χ0v) is 18.5. The van der Waals surface area contributed by atoms with Gasteiger partial charge in [0.25, 0.3) is 5.56 Å². The van der Waals surface area contributed by atoms with Gasteiger partial charge in [0.1, 0.15) is 5.65 Å². The molecule has 1 aliphatic carbocycles. The molecule has 0 saturated heterocycles. The molecule has 1 amide bonds. The Morgan fingerprint density at radius 3 is 2.66 bits per heavy atom. The number of H-pyrrole nitrogens is 1. The second-order valence-electron chi connectivity index (χ2n) is 8.75. The van der Waals surface area contributed by atoms with Crippen molar-refractivity contribution < 1.29 is 18.0 Å². The molecule has 0 spiro atoms. The van der Waals surface area contributed by atoms with Crippen LogP contribution in [0.2, 0.25) is 0 Å². The Kier molecular flexibility index (Phi) is 5.55. The van der Waals surface area contributed by atoms with Crippen molar-refractivity contribution >= 4 is 23.0 Å². The van der Waals surface area contributed by atoms with Gasteiger partial charge in [-0.25, -0.2) is 4.98 Å². The molecule has 0 radical (unpaired) electrons. The number of primary amides is 1. The van der Waals surface area contributed by atoms with Crippen molar-refractivity contribution in [3.8, 4) is 22.3 Å². The molecule has 3 N–H and O–H groups in total. The summed E-state index contributed by atoms with van der Waals surface area (Å²) in [6, 6.07) is 8.57. The normalized spacial score (nSPS) is 14.1. The van der Waals surface area contributed by atoms with Crippen LogP contribution in [0.15, 0.2) is 65.9 Å². The van der Waals surface area contributed by atoms with E-state index in [0.717, 1.165) is 42.2 Å². The minimum absolute atomic E-state index is 0.0696. The van der Waals surface area contributed by atoms with Crippen LogP contribution in [-0.2, 0) is 17.5 Å². The number of pyridine rings is 2. The van der Waals surface area contributed by atoms with Crippen molar-refractivity contribution in [2.75, 3.05) is 0 Å². The molecule has 1 aliphatic rings. The monoisotopic (exact) mass is 478 g/mol. The number of hydrogen-bond acceptors (Lipinski definition) is 3. The third kappa shape index (κ3) is 4.89. The predicted molar refractivity (Wildman–Crippen MR) is 127 cm³/mol. The molecule has 1 saturated carbocycles. The lowest BCUT2D eigenvalue weighted by atomic mass is 9.98. The van der Waals surface area contributed by atoms with Crippen molar-refractivity contribution in [2.24, 2.45) is 11.7 Å². The van der Waals surface area contributed by atoms with Gasteiger partial charge in [-0.15, -0.1) is 0 Å². The van der Waals surface area contributed by atoms with E-state index in [-0.39, 0.29) is 11.1 Å². The Morgan fingerprint density at radius 2 is 1.94 bits per heavy atom. The number of hydrogen-bond donors (Lipinski definition) is 2. The lowest BCUT2D eigenvalue weighted by Gasteiger charge is -2.11. The van der Waals surface area contributed by atoms with Crippen LogP contribution in [0.3, 0.4) is 0 Å². The van der Waals surface area contributed by atoms with Crippen molar-refractivity contribution in [1.29, 1.82) is 0 Å². The summed E-state index contributed by atoms with van der Waals surface area (Å²) in [5.74, 6) is -0.232. The van der Waals surface area contributed by atoms with Crippen molar-refractivity contribution in [1.82, 2.24) is 14.5 Å². The summed E-state index contributed by atoms with van der Waals surface area (Å²) >= 11 is 0. The Morgan fingerprint density at radius 1 is 1.14 bits per heavy atom. The predicted octanol–water partition coefficient (Wildman–Crippen LogP) is 4.99. The lowest BCUT2D eigenvalue weighted by molar-refractivity contribution is -0.137. The summed E-state index contributed by atoms with van der Waals surface area (Å²) < 4.78 is 42.4. The van der Waals surface area contributed by atoms with Gasteiger partial charge in [-0.05, 0) is 66.3 Å². The van der Waals surface area contributed by atoms with Crippen LogP contribution < -0.4 is 11.3 Å². The standard InChI is InChI=1S/C26H21F3N4O2/c27-26(28,29)20-8-16(3-5-23(30)34)7-18(9-20)19-10-21-22(12-32-25(21)31-11-19)17-4-6-24(35)33(14-17)13-15-1-2-15/h3-12,14-15H,1-2,13H2,(H2,30,34)(H,31,32). The molecule has 5 rings (SSSR count). The largest absolute Gasteiger partial charge is 0.416 e. The number of aromatic amines is 1. The van der Waals surface area contributed by atoms with E-state index in [2.05, 4.69) is 9.97 Å². The van der Waals surface area contributed by atoms with E-state index < -0.39 is 17.6 Å². The first kappa shape index (κ1) is 22.6. The van der Waals surface area contributed by atoms with Crippen LogP contribution in [0.4, 0.5) is 13.2 Å². The van der Waals surface area contributed by atoms with E-state index in [1.165, 1.54) is 18.3 Å². The Labute approximate surface area is 197 Å². The van der Waals surface area contributed by atoms with E-state index in [1.54, 1.807) is 29.0 Å². The zero-order chi connectivity index (χ0) is 24.7. The Bertz CT molecular complexity index is 1530. The third-order valence-electron chi connectivity index (χ3n) is 6.03. The average molecular weight is 478 g/mol. The van der Waals surface area contributed by atoms with Gasteiger partial charge in [0.05, 0.1) is 5.56 Å². The van der Waals surface area contributed by atoms with Crippen LogP contribution in [0, 0.1) is 5.92 Å². The van der Waals surface area contributed by atoms with E-state index in [4.69, 9.17) is 5.73 Å². The molecule has 178 valence electrons. The van der Waals surface area contributed by atoms with Gasteiger partial charge in [0.2, 0.25) is 5.91 Å². The summed E-state index contributed by atoms with van der Waals surface area (Å²) in [5.41, 5.74) is 7.32. The molecule has 0 aliphatic heterocycles. The zero-order valence-electron chi connectivity index (χ0n) is 18.5. The molecule has 35 heavy (non-hydrogen) atoms. The minimum atomic E-state index is -4.57. The van der Waals surface area contributed by atoms with Gasteiger partial charge < -0.3 is 15.3 Å². The molecule has 1 aromatic carbocycles. The van der Waals surface area contributed by atoms with Crippen LogP contribution in [-0.4, -0.2) is 20.4 Å². The number of aromatic nitrogens is 3. The lowest BCUT2D eigenvalue weighted by Crippen LogP contribution is -2.19. The number of carbonyl (C=O) groups is 1. The number of rotatable bonds is 6. The van der Waals surface area contributed by atoms with Crippen LogP contribution in [0.5, 0.6) is 0 Å². The molecule has 3 aromatic heterocycles. The topological polar surface area (TPSA) is 93.8 Å². The first-order valence-corrected chi connectivity index (χ1v) is 11.1. The van der Waals surface area contributed by atoms with Crippen molar-refractivity contribution in [3.63, 3.8) is 0 Å². The van der Waals surface area contributed by atoms with E-state index >= 15 is 0 Å². The number of amides is 1. The fraction of sp³-hybridized carbons (Fsp3) is 0.192. The van der Waals surface area contributed by atoms with Gasteiger partial charge in [0.15, 0.2) is 0 Å². The molecule has 6 nitrogen and oxygen atoms in total. The van der Waals surface area contributed by atoms with Gasteiger partial charge in [-0.3, -0.25) is 9.59 Å². The number of alkyl halides is 3. The highest BCUT2D eigenvalue weighted by atomic mass is 19.4. The van der Waals surface area contributed by atoms with Crippen molar-refractivity contribution in [2.45, 2.75) is 25.6 Å². The molecular weight excluding hydrogens is 457 g/mol. The summed E-state index contributed by atoms with van der Waals surface area (Å²) in [4.78, 5) is 30.8. The molecule has 9 heteroatoms. The molecule has 0 unspecified atom stereocenters. The van der Waals surface area contributed by atoms with Crippen LogP contribution >= 0.6 is 0 Å². The first-order valence-electron chi connectivity index (χ1n) is 11.1. The summed E-state index contributed by atoms with van der Waals surface area (Å²) in [6.45, 7) is 0.671. The first-order chi connectivity index (χ1) is 16.7. The smallest absolute Gasteiger partial charge is 0.366 e. The number of carbonyl (C=O) groups excluding carboxylic acids is 1. The highest BCUT2D eigenvalue weighted by molar-refractivity contribution is 5.96. The number of nitrogens with one attached hydrogen (secondary N) is 1. The molecule has 0 bridgehead atoms. The number of nitrogens with two attached hydrogens (primary N) is 1. The van der Waals surface area contributed by atoms with E-state index in [0.29, 0.717) is 34.6 Å². The maximum atomic E-state index is 13.6. The maximum Gasteiger partial charge on any atom is 0.416 e. The molecule has 4 aromatic rings. The second kappa shape index (κ2) is 8.57. The Balaban J connectivity index is 1.60. The van der Waals surface area contributed by atoms with Gasteiger partial charge in [-0.1, -0.05) is 0 Å². The fourth-order valence-corrected chi connectivity index (χ4v) is 4.07. The highest BCUT2D eigenvalue weighted by Gasteiger charge is 2.31. The van der Waals surface area contributed by atoms with Crippen LogP contribution in [0.25, 0.3) is 39.4 Å². The summed E-state index contributed by atoms with van der Waals surface area (Å²) in [6.07, 6.45) is 5.00. The maximum absolute atomic E-state index is 13.6. The Hall–Kier alpha value is -4.14. The SMILES string of the molecule is NC(=O)C=Cc1cc(-c2cnc3[nH]cc(-c4ccc(=O)n(CC5CC5)c4)c3c2)cc(C(F)(F)F)c1.